The maximum atomic E-state index is 5.95. The lowest BCUT2D eigenvalue weighted by Gasteiger charge is -2.15. The summed E-state index contributed by atoms with van der Waals surface area (Å²) in [5, 5.41) is 0. The average molecular weight is 221 g/mol. The molecule has 16 heavy (non-hydrogen) atoms. The highest BCUT2D eigenvalue weighted by molar-refractivity contribution is 5.27. The Bertz CT molecular complexity index is 292. The van der Waals surface area contributed by atoms with Gasteiger partial charge in [0.1, 0.15) is 5.75 Å². The van der Waals surface area contributed by atoms with Crippen LogP contribution in [-0.2, 0) is 6.42 Å². The van der Waals surface area contributed by atoms with E-state index in [0.717, 1.165) is 18.6 Å². The molecule has 0 saturated heterocycles. The van der Waals surface area contributed by atoms with Crippen molar-refractivity contribution in [2.45, 2.75) is 39.7 Å². The highest BCUT2D eigenvalue weighted by Crippen LogP contribution is 2.13. The molecule has 0 radical (unpaired) electrons. The minimum Gasteiger partial charge on any atom is -0.494 e. The van der Waals surface area contributed by atoms with Crippen molar-refractivity contribution in [2.75, 3.05) is 6.61 Å². The van der Waals surface area contributed by atoms with E-state index < -0.39 is 0 Å². The molecule has 1 aromatic carbocycles. The summed E-state index contributed by atoms with van der Waals surface area (Å²) in [6.45, 7) is 7.13. The highest BCUT2D eigenvalue weighted by Gasteiger charge is 2.07. The van der Waals surface area contributed by atoms with E-state index in [0.29, 0.717) is 12.5 Å². The van der Waals surface area contributed by atoms with Gasteiger partial charge in [-0.25, -0.2) is 0 Å². The minimum atomic E-state index is 0.231. The second-order valence-electron chi connectivity index (χ2n) is 4.54. The summed E-state index contributed by atoms with van der Waals surface area (Å²) in [6.07, 6.45) is 1.98. The van der Waals surface area contributed by atoms with Gasteiger partial charge >= 0.3 is 0 Å². The molecule has 0 aliphatic heterocycles. The summed E-state index contributed by atoms with van der Waals surface area (Å²) < 4.78 is 5.65. The molecule has 2 N–H and O–H groups in total. The van der Waals surface area contributed by atoms with Crippen LogP contribution >= 0.6 is 0 Å². The van der Waals surface area contributed by atoms with Crippen LogP contribution in [0.25, 0.3) is 0 Å². The van der Waals surface area contributed by atoms with Crippen LogP contribution in [0.4, 0.5) is 0 Å². The summed E-state index contributed by atoms with van der Waals surface area (Å²) in [6, 6.07) is 8.50. The summed E-state index contributed by atoms with van der Waals surface area (Å²) >= 11 is 0. The molecule has 0 amide bonds. The van der Waals surface area contributed by atoms with Crippen molar-refractivity contribution in [3.63, 3.8) is 0 Å². The van der Waals surface area contributed by atoms with Crippen LogP contribution in [0.3, 0.4) is 0 Å². The lowest BCUT2D eigenvalue weighted by atomic mass is 10.0. The first-order chi connectivity index (χ1) is 7.63. The molecule has 0 aliphatic carbocycles. The highest BCUT2D eigenvalue weighted by atomic mass is 16.5. The van der Waals surface area contributed by atoms with E-state index in [2.05, 4.69) is 32.9 Å². The van der Waals surface area contributed by atoms with E-state index in [9.17, 15) is 0 Å². The van der Waals surface area contributed by atoms with Crippen molar-refractivity contribution in [3.8, 4) is 5.75 Å². The predicted molar refractivity (Wildman–Crippen MR) is 68.7 cm³/mol. The minimum absolute atomic E-state index is 0.231. The number of ether oxygens (including phenoxy) is 1. The normalized spacial score (nSPS) is 12.8. The lowest BCUT2D eigenvalue weighted by molar-refractivity contribution is 0.282. The second-order valence-corrected chi connectivity index (χ2v) is 4.54. The molecule has 0 heterocycles. The Hall–Kier alpha value is -1.02. The molecular weight excluding hydrogens is 198 g/mol. The molecular formula is C14H23NO. The molecule has 0 aromatic heterocycles. The topological polar surface area (TPSA) is 35.2 Å². The summed E-state index contributed by atoms with van der Waals surface area (Å²) in [5.74, 6) is 1.46. The largest absolute Gasteiger partial charge is 0.494 e. The molecule has 0 bridgehead atoms. The Kier molecular flexibility index (Phi) is 5.33. The molecule has 0 spiro atoms. The Labute approximate surface area is 98.8 Å². The molecule has 0 aliphatic rings. The van der Waals surface area contributed by atoms with Crippen LogP contribution in [0, 0.1) is 5.92 Å². The van der Waals surface area contributed by atoms with Crippen LogP contribution in [0.15, 0.2) is 24.3 Å². The van der Waals surface area contributed by atoms with Gasteiger partial charge in [-0.2, -0.15) is 0 Å². The summed E-state index contributed by atoms with van der Waals surface area (Å²) in [4.78, 5) is 0. The molecule has 1 atom stereocenters. The average Bonchev–Trinajstić information content (AvgIpc) is 2.29. The fraction of sp³-hybridized carbons (Fsp3) is 0.571. The fourth-order valence-electron chi connectivity index (χ4n) is 1.47. The van der Waals surface area contributed by atoms with Gasteiger partial charge in [0.2, 0.25) is 0 Å². The van der Waals surface area contributed by atoms with Gasteiger partial charge in [-0.15, -0.1) is 0 Å². The zero-order chi connectivity index (χ0) is 12.0. The first kappa shape index (κ1) is 13.0. The van der Waals surface area contributed by atoms with Gasteiger partial charge in [0.25, 0.3) is 0 Å². The Morgan fingerprint density at radius 2 is 1.81 bits per heavy atom. The smallest absolute Gasteiger partial charge is 0.119 e. The molecule has 0 fully saturated rings. The van der Waals surface area contributed by atoms with E-state index in [-0.39, 0.29) is 6.04 Å². The molecule has 90 valence electrons. The van der Waals surface area contributed by atoms with Crippen LogP contribution in [0.2, 0.25) is 0 Å². The van der Waals surface area contributed by atoms with E-state index in [1.807, 2.05) is 12.1 Å². The first-order valence-electron chi connectivity index (χ1n) is 6.10. The first-order valence-corrected chi connectivity index (χ1v) is 6.10. The number of aryl methyl sites for hydroxylation is 1. The molecule has 2 nitrogen and oxygen atoms in total. The SMILES string of the molecule is CCc1ccc(OCCC(N)C(C)C)cc1. The quantitative estimate of drug-likeness (QED) is 0.801. The van der Waals surface area contributed by atoms with E-state index in [1.54, 1.807) is 0 Å². The summed E-state index contributed by atoms with van der Waals surface area (Å²) in [5.41, 5.74) is 7.29. The number of rotatable bonds is 6. The Morgan fingerprint density at radius 1 is 1.19 bits per heavy atom. The summed E-state index contributed by atoms with van der Waals surface area (Å²) in [7, 11) is 0. The van der Waals surface area contributed by atoms with Gasteiger partial charge in [0.15, 0.2) is 0 Å². The third kappa shape index (κ3) is 4.23. The zero-order valence-corrected chi connectivity index (χ0v) is 10.6. The van der Waals surface area contributed by atoms with Gasteiger partial charge in [-0.1, -0.05) is 32.9 Å². The van der Waals surface area contributed by atoms with Crippen LogP contribution < -0.4 is 10.5 Å². The van der Waals surface area contributed by atoms with Gasteiger partial charge in [-0.05, 0) is 36.5 Å². The molecule has 2 heteroatoms. The number of hydrogen-bond donors (Lipinski definition) is 1. The maximum Gasteiger partial charge on any atom is 0.119 e. The maximum absolute atomic E-state index is 5.95. The van der Waals surface area contributed by atoms with E-state index >= 15 is 0 Å². The van der Waals surface area contributed by atoms with Crippen molar-refractivity contribution < 1.29 is 4.74 Å². The van der Waals surface area contributed by atoms with Crippen molar-refractivity contribution in [2.24, 2.45) is 11.7 Å². The van der Waals surface area contributed by atoms with Gasteiger partial charge in [0, 0.05) is 6.04 Å². The third-order valence-electron chi connectivity index (χ3n) is 2.91. The number of hydrogen-bond acceptors (Lipinski definition) is 2. The monoisotopic (exact) mass is 221 g/mol. The standard InChI is InChI=1S/C14H23NO/c1-4-12-5-7-13(8-6-12)16-10-9-14(15)11(2)3/h5-8,11,14H,4,9-10,15H2,1-3H3. The molecule has 1 aromatic rings. The van der Waals surface area contributed by atoms with Crippen molar-refractivity contribution in [1.29, 1.82) is 0 Å². The second kappa shape index (κ2) is 6.54. The van der Waals surface area contributed by atoms with Gasteiger partial charge < -0.3 is 10.5 Å². The fourth-order valence-corrected chi connectivity index (χ4v) is 1.47. The number of benzene rings is 1. The molecule has 1 rings (SSSR count). The van der Waals surface area contributed by atoms with E-state index in [4.69, 9.17) is 10.5 Å². The predicted octanol–water partition coefficient (Wildman–Crippen LogP) is 3.00. The zero-order valence-electron chi connectivity index (χ0n) is 10.6. The van der Waals surface area contributed by atoms with Crippen molar-refractivity contribution in [3.05, 3.63) is 29.8 Å². The lowest BCUT2D eigenvalue weighted by Crippen LogP contribution is -2.28. The third-order valence-corrected chi connectivity index (χ3v) is 2.91. The van der Waals surface area contributed by atoms with E-state index in [1.165, 1.54) is 5.56 Å². The molecule has 0 saturated carbocycles. The Morgan fingerprint density at radius 3 is 2.31 bits per heavy atom. The van der Waals surface area contributed by atoms with Crippen molar-refractivity contribution in [1.82, 2.24) is 0 Å². The van der Waals surface area contributed by atoms with Gasteiger partial charge in [-0.3, -0.25) is 0 Å². The van der Waals surface area contributed by atoms with Crippen LogP contribution in [-0.4, -0.2) is 12.6 Å². The van der Waals surface area contributed by atoms with Crippen molar-refractivity contribution >= 4 is 0 Å². The molecule has 1 unspecified atom stereocenters. The Balaban J connectivity index is 2.31. The van der Waals surface area contributed by atoms with Crippen LogP contribution in [0.1, 0.15) is 32.8 Å². The van der Waals surface area contributed by atoms with Gasteiger partial charge in [0.05, 0.1) is 6.61 Å². The van der Waals surface area contributed by atoms with Crippen LogP contribution in [0.5, 0.6) is 5.75 Å². The number of nitrogens with two attached hydrogens (primary N) is 1.